The molecular weight excluding hydrogens is 1970 g/mol. The van der Waals surface area contributed by atoms with Crippen LogP contribution in [-0.4, -0.2) is 121 Å². The molecule has 764 valence electrons. The monoisotopic (exact) mass is 2080 g/mol. The summed E-state index contributed by atoms with van der Waals surface area (Å²) in [6.45, 7) is 14.1. The maximum atomic E-state index is 13.0. The third-order valence-electron chi connectivity index (χ3n) is 24.7. The average molecular weight is 2080 g/mol. The van der Waals surface area contributed by atoms with Crippen molar-refractivity contribution in [3.8, 4) is 28.7 Å². The highest BCUT2D eigenvalue weighted by molar-refractivity contribution is 9.10. The molecule has 5 amide bonds. The minimum absolute atomic E-state index is 0.0175. The first-order valence-electron chi connectivity index (χ1n) is 45.6. The van der Waals surface area contributed by atoms with E-state index in [0.29, 0.717) is 110 Å². The number of halogens is 8. The first-order chi connectivity index (χ1) is 68.3. The molecule has 0 unspecified atom stereocenters. The fourth-order valence-corrected chi connectivity index (χ4v) is 17.5. The van der Waals surface area contributed by atoms with Gasteiger partial charge >= 0.3 is 42.2 Å². The van der Waals surface area contributed by atoms with Gasteiger partial charge in [-0.2, -0.15) is 26.3 Å². The van der Waals surface area contributed by atoms with Crippen LogP contribution < -0.4 is 51.3 Å². The number of hydroxylamine groups is 4. The first kappa shape index (κ1) is 110. The predicted octanol–water partition coefficient (Wildman–Crippen LogP) is 17.7. The number of methoxy groups -OCH3 is 3. The van der Waals surface area contributed by atoms with Gasteiger partial charge in [0.25, 0.3) is 0 Å². The topological polar surface area (TPSA) is 407 Å². The molecule has 5 fully saturated rings. The zero-order chi connectivity index (χ0) is 105. The highest BCUT2D eigenvalue weighted by Crippen LogP contribution is 2.60. The van der Waals surface area contributed by atoms with Gasteiger partial charge in [0.05, 0.1) is 91.7 Å². The fourth-order valence-electron chi connectivity index (χ4n) is 16.9. The van der Waals surface area contributed by atoms with Crippen molar-refractivity contribution in [2.24, 2.45) is 40.7 Å². The van der Waals surface area contributed by atoms with Crippen LogP contribution in [-0.2, 0) is 150 Å². The second-order valence-corrected chi connectivity index (χ2v) is 38.2. The maximum absolute atomic E-state index is 13.0. The van der Waals surface area contributed by atoms with Crippen LogP contribution >= 0.6 is 27.5 Å². The zero-order valence-corrected chi connectivity index (χ0v) is 82.6. The lowest BCUT2D eigenvalue weighted by molar-refractivity contribution is -0.160. The normalized spacial score (nSPS) is 20.6. The molecule has 15 rings (SSSR count). The van der Waals surface area contributed by atoms with Gasteiger partial charge in [0.1, 0.15) is 77.0 Å². The number of primary amides is 1. The van der Waals surface area contributed by atoms with Gasteiger partial charge in [-0.3, -0.25) is 68.4 Å². The van der Waals surface area contributed by atoms with E-state index in [0.717, 1.165) is 45.0 Å². The molecule has 5 saturated carbocycles. The molecule has 9 N–H and O–H groups in total. The third-order valence-corrected chi connectivity index (χ3v) is 25.4. The molecule has 0 saturated heterocycles. The summed E-state index contributed by atoms with van der Waals surface area (Å²) in [5.41, 5.74) is 10.5. The minimum Gasteiger partial charge on any atom is -0.493 e. The molecule has 10 aromatic carbocycles. The molecule has 144 heavy (non-hydrogen) atoms. The molecule has 0 heterocycles. The Hall–Kier alpha value is -13.9. The molecule has 0 spiro atoms. The first-order valence-corrected chi connectivity index (χ1v) is 46.7. The number of esters is 5. The van der Waals surface area contributed by atoms with E-state index < -0.39 is 139 Å². The van der Waals surface area contributed by atoms with Gasteiger partial charge in [0.15, 0.2) is 0 Å². The summed E-state index contributed by atoms with van der Waals surface area (Å²) in [6, 6.07) is 70.9. The summed E-state index contributed by atoms with van der Waals surface area (Å²) in [5.74, 6) is -5.78. The number of hydrogen-bond acceptors (Lipinski definition) is 24. The Morgan fingerprint density at radius 3 is 1.26 bits per heavy atom. The van der Waals surface area contributed by atoms with Crippen molar-refractivity contribution in [3.63, 3.8) is 0 Å². The number of benzene rings is 10. The molecule has 0 aliphatic heterocycles. The quantitative estimate of drug-likeness (QED) is 0.00610. The number of amides is 5. The molecule has 5 aliphatic carbocycles. The summed E-state index contributed by atoms with van der Waals surface area (Å²) in [5, 5.41) is 27.3. The van der Waals surface area contributed by atoms with Crippen molar-refractivity contribution in [1.82, 2.24) is 21.9 Å². The van der Waals surface area contributed by atoms with Gasteiger partial charge in [0.2, 0.25) is 29.5 Å². The summed E-state index contributed by atoms with van der Waals surface area (Å²) >= 11 is 9.41. The molecule has 5 aliphatic rings. The summed E-state index contributed by atoms with van der Waals surface area (Å²) in [4.78, 5) is 127. The summed E-state index contributed by atoms with van der Waals surface area (Å²) in [7, 11) is 3.69. The van der Waals surface area contributed by atoms with E-state index in [-0.39, 0.29) is 60.2 Å². The Labute approximate surface area is 840 Å². The smallest absolute Gasteiger partial charge is 0.416 e. The van der Waals surface area contributed by atoms with Gasteiger partial charge in [-0.25, -0.2) is 21.9 Å². The second kappa shape index (κ2) is 47.5. The maximum Gasteiger partial charge on any atom is 0.416 e. The number of rotatable bonds is 34. The SMILES string of the molecule is CC(C)(C)ONC(=O)[C@H]1C[C@@]1(C(N)=O)c1ccc(OCc2ccccc2)cc1.CCOC(=O)[C@]1(c2ccc(OCc3ccccc3)cc2)C[C@H]1C(=O)OC(C)(C)C.COC(=O)[C@@]1(Cc2ccc(OCc3cccc(Br)c3)cc2)C[C@@H]1C(=O)NO.COC(=O)[C@]1(c2cccc(OCCc3cccc(Cl)c3)c2)C[C@H]1C(=O)NO.COC(=O)[C@]1(c2cccc(OCc3cc(C(F)(F)F)cc(C(F)(F)F)c3)c2)C[C@H]1C(=O)NO. The molecule has 29 nitrogen and oxygen atoms in total. The van der Waals surface area contributed by atoms with Crippen molar-refractivity contribution in [2.45, 2.75) is 165 Å². The largest absolute Gasteiger partial charge is 0.493 e. The van der Waals surface area contributed by atoms with Crippen LogP contribution in [0.1, 0.15) is 147 Å². The Morgan fingerprint density at radius 1 is 0.396 bits per heavy atom. The predicted molar refractivity (Wildman–Crippen MR) is 514 cm³/mol. The lowest BCUT2D eigenvalue weighted by Crippen LogP contribution is -2.38. The van der Waals surface area contributed by atoms with Crippen LogP contribution in [0.15, 0.2) is 253 Å². The van der Waals surface area contributed by atoms with E-state index in [1.165, 1.54) is 44.0 Å². The van der Waals surface area contributed by atoms with Crippen molar-refractivity contribution in [2.75, 3.05) is 34.5 Å². The number of alkyl halides is 6. The number of nitrogens with two attached hydrogens (primary N) is 1. The Bertz CT molecular complexity index is 6170. The van der Waals surface area contributed by atoms with Gasteiger partial charge in [0, 0.05) is 15.9 Å². The zero-order valence-electron chi connectivity index (χ0n) is 80.3. The van der Waals surface area contributed by atoms with Crippen molar-refractivity contribution < 1.29 is 142 Å². The molecule has 0 aromatic heterocycles. The summed E-state index contributed by atoms with van der Waals surface area (Å²) < 4.78 is 133. The van der Waals surface area contributed by atoms with Crippen molar-refractivity contribution >= 4 is 86.9 Å². The van der Waals surface area contributed by atoms with Crippen LogP contribution in [0.5, 0.6) is 28.7 Å². The van der Waals surface area contributed by atoms with Gasteiger partial charge in [-0.15, -0.1) is 0 Å². The van der Waals surface area contributed by atoms with E-state index in [9.17, 15) is 74.3 Å². The van der Waals surface area contributed by atoms with Crippen LogP contribution in [0, 0.1) is 35.0 Å². The molecular formula is C107H111BrClF6N5O24. The second-order valence-electron chi connectivity index (χ2n) is 36.9. The van der Waals surface area contributed by atoms with Crippen LogP contribution in [0.3, 0.4) is 0 Å². The third kappa shape index (κ3) is 27.9. The Morgan fingerprint density at radius 2 is 0.806 bits per heavy atom. The lowest BCUT2D eigenvalue weighted by atomic mass is 9.92. The Kier molecular flexibility index (Phi) is 36.5. The standard InChI is InChI=1S/C24H28O5.C22H26N2O4.C21H17F6NO5.C20H20BrNO5.C20H20ClNO5/c1-5-27-22(26)24(15-20(24)21(25)29-23(2,3)4)18-11-13-19(14-12-18)28-16-17-9-7-6-8-10-17;1-21(2,3)28-24-19(25)18-13-22(18,20(23)26)16-9-11-17(12-10-16)27-14-15-7-5-4-6-8-15;1-32-18(30)19(9-16(19)17(29)28-31)12-3-2-4-15(8-12)33-10-11-5-13(20(22,23)24)7-14(6-11)21(25,26)27;1-26-19(24)20(11-17(20)18(23)22-25)10-13-5-7-16(8-6-13)27-12-14-3-2-4-15(21)9-14;1-26-19(24)20(12-17(20)18(23)22-25)14-5-3-7-16(11-14)27-9-8-13-4-2-6-15(21)10-13/h6-14,20H,5,15-16H2,1-4H3;4-12,18H,13-14H2,1-3H3,(H2,23,26)(H,24,25);2-8,16,31H,9-10H2,1H3,(H,28,29);2-9,17,25H,10-12H2,1H3,(H,22,23);2-7,10-11,17,25H,8-9,12H2,1H3,(H,22,23)/t20-,24-;18-,22-;16-,19-;17-,20+;17-,20-/m01010/s1. The van der Waals surface area contributed by atoms with E-state index in [1.54, 1.807) is 66.4 Å². The van der Waals surface area contributed by atoms with Crippen LogP contribution in [0.4, 0.5) is 26.3 Å². The van der Waals surface area contributed by atoms with Gasteiger partial charge < -0.3 is 53.1 Å². The van der Waals surface area contributed by atoms with E-state index in [1.807, 2.05) is 199 Å². The molecule has 10 aromatic rings. The molecule has 10 atom stereocenters. The van der Waals surface area contributed by atoms with Crippen molar-refractivity contribution in [1.29, 1.82) is 0 Å². The van der Waals surface area contributed by atoms with Gasteiger partial charge in [-0.1, -0.05) is 173 Å². The number of nitrogens with one attached hydrogen (secondary N) is 4. The highest BCUT2D eigenvalue weighted by Gasteiger charge is 2.70. The lowest BCUT2D eigenvalue weighted by Gasteiger charge is -2.21. The molecule has 37 heteroatoms. The van der Waals surface area contributed by atoms with E-state index >= 15 is 0 Å². The number of carbonyl (C=O) groups is 10. The van der Waals surface area contributed by atoms with Crippen LogP contribution in [0.2, 0.25) is 5.02 Å². The van der Waals surface area contributed by atoms with E-state index in [4.69, 9.17) is 85.2 Å². The van der Waals surface area contributed by atoms with Gasteiger partial charge in [-0.05, 0) is 246 Å². The minimum atomic E-state index is -4.99. The molecule has 0 bridgehead atoms. The molecule has 0 radical (unpaired) electrons. The number of ether oxygens (including phenoxy) is 10. The van der Waals surface area contributed by atoms with Crippen molar-refractivity contribution in [3.05, 3.63) is 325 Å². The number of carbonyl (C=O) groups excluding carboxylic acids is 10. The highest BCUT2D eigenvalue weighted by atomic mass is 79.9. The summed E-state index contributed by atoms with van der Waals surface area (Å²) in [6.07, 6.45) is -7.51. The Balaban J connectivity index is 0.000000172. The van der Waals surface area contributed by atoms with E-state index in [2.05, 4.69) is 21.4 Å². The fraction of sp³-hybridized carbons (Fsp3) is 0.346. The number of hydrogen-bond donors (Lipinski definition) is 8. The van der Waals surface area contributed by atoms with Crippen LogP contribution in [0.25, 0.3) is 0 Å². The average Bonchev–Trinajstić information content (AvgIpc) is 1.47.